The molecule has 0 unspecified atom stereocenters. The van der Waals surface area contributed by atoms with Gasteiger partial charge in [0.1, 0.15) is 0 Å². The summed E-state index contributed by atoms with van der Waals surface area (Å²) in [6, 6.07) is 0.126. The van der Waals surface area contributed by atoms with Gasteiger partial charge in [-0.1, -0.05) is 12.8 Å². The van der Waals surface area contributed by atoms with Crippen LogP contribution in [0.4, 0.5) is 0 Å². The zero-order valence-electron chi connectivity index (χ0n) is 8.33. The fourth-order valence-electron chi connectivity index (χ4n) is 2.28. The highest BCUT2D eigenvalue weighted by Crippen LogP contribution is 2.24. The molecule has 1 aliphatic carbocycles. The Balaban J connectivity index is 1.93. The summed E-state index contributed by atoms with van der Waals surface area (Å²) in [5, 5.41) is 3.04. The third-order valence-corrected chi connectivity index (χ3v) is 5.14. The Labute approximate surface area is 85.5 Å². The summed E-state index contributed by atoms with van der Waals surface area (Å²) in [5.41, 5.74) is 0. The molecule has 0 spiro atoms. The van der Waals surface area contributed by atoms with E-state index in [-0.39, 0.29) is 11.3 Å². The van der Waals surface area contributed by atoms with Gasteiger partial charge >= 0.3 is 0 Å². The standard InChI is InChI=1S/C9H18N2O2S/c12-14(13,9-3-1-2-4-9)11-8-5-6-10-7-8/h8-11H,1-7H2/t8-/m0/s1. The van der Waals surface area contributed by atoms with Gasteiger partial charge in [0.25, 0.3) is 0 Å². The maximum atomic E-state index is 11.8. The first-order valence-corrected chi connectivity index (χ1v) is 6.95. The van der Waals surface area contributed by atoms with Gasteiger partial charge in [0.2, 0.25) is 10.0 Å². The van der Waals surface area contributed by atoms with Crippen molar-refractivity contribution in [2.24, 2.45) is 0 Å². The molecule has 1 saturated heterocycles. The Kier molecular flexibility index (Phi) is 3.09. The van der Waals surface area contributed by atoms with Crippen molar-refractivity contribution in [1.29, 1.82) is 0 Å². The smallest absolute Gasteiger partial charge is 0.214 e. The highest BCUT2D eigenvalue weighted by atomic mass is 32.2. The van der Waals surface area contributed by atoms with E-state index in [9.17, 15) is 8.42 Å². The zero-order valence-corrected chi connectivity index (χ0v) is 9.15. The summed E-state index contributed by atoms with van der Waals surface area (Å²) in [4.78, 5) is 0. The molecular formula is C9H18N2O2S. The van der Waals surface area contributed by atoms with E-state index >= 15 is 0 Å². The predicted molar refractivity (Wildman–Crippen MR) is 55.6 cm³/mol. The second kappa shape index (κ2) is 4.16. The maximum Gasteiger partial charge on any atom is 0.214 e. The molecule has 2 aliphatic rings. The van der Waals surface area contributed by atoms with Crippen LogP contribution in [0, 0.1) is 0 Å². The molecule has 4 nitrogen and oxygen atoms in total. The van der Waals surface area contributed by atoms with Crippen LogP contribution in [-0.4, -0.2) is 32.8 Å². The number of hydrogen-bond acceptors (Lipinski definition) is 3. The Morgan fingerprint density at radius 2 is 1.86 bits per heavy atom. The van der Waals surface area contributed by atoms with Crippen molar-refractivity contribution in [3.8, 4) is 0 Å². The molecule has 0 radical (unpaired) electrons. The van der Waals surface area contributed by atoms with Crippen molar-refractivity contribution in [2.75, 3.05) is 13.1 Å². The van der Waals surface area contributed by atoms with E-state index in [1.54, 1.807) is 0 Å². The Morgan fingerprint density at radius 3 is 2.43 bits per heavy atom. The molecule has 0 amide bonds. The third kappa shape index (κ3) is 2.27. The lowest BCUT2D eigenvalue weighted by Crippen LogP contribution is -2.41. The lowest BCUT2D eigenvalue weighted by atomic mass is 10.3. The average molecular weight is 218 g/mol. The van der Waals surface area contributed by atoms with E-state index in [4.69, 9.17) is 0 Å². The first kappa shape index (κ1) is 10.4. The predicted octanol–water partition coefficient (Wildman–Crippen LogP) is 0.210. The molecule has 82 valence electrons. The van der Waals surface area contributed by atoms with E-state index in [1.807, 2.05) is 0 Å². The largest absolute Gasteiger partial charge is 0.315 e. The maximum absolute atomic E-state index is 11.8. The lowest BCUT2D eigenvalue weighted by molar-refractivity contribution is 0.545. The van der Waals surface area contributed by atoms with Crippen LogP contribution < -0.4 is 10.0 Å². The van der Waals surface area contributed by atoms with Gasteiger partial charge in [0.05, 0.1) is 5.25 Å². The molecule has 0 bridgehead atoms. The van der Waals surface area contributed by atoms with Gasteiger partial charge in [0, 0.05) is 12.6 Å². The van der Waals surface area contributed by atoms with Gasteiger partial charge in [-0.05, 0) is 25.8 Å². The van der Waals surface area contributed by atoms with Crippen LogP contribution in [-0.2, 0) is 10.0 Å². The Hall–Kier alpha value is -0.130. The monoisotopic (exact) mass is 218 g/mol. The van der Waals surface area contributed by atoms with Crippen molar-refractivity contribution in [3.05, 3.63) is 0 Å². The van der Waals surface area contributed by atoms with Crippen LogP contribution >= 0.6 is 0 Å². The highest BCUT2D eigenvalue weighted by Gasteiger charge is 2.31. The van der Waals surface area contributed by atoms with Crippen molar-refractivity contribution in [3.63, 3.8) is 0 Å². The van der Waals surface area contributed by atoms with E-state index in [2.05, 4.69) is 10.0 Å². The van der Waals surface area contributed by atoms with Crippen molar-refractivity contribution < 1.29 is 8.42 Å². The molecule has 0 aromatic rings. The van der Waals surface area contributed by atoms with E-state index < -0.39 is 10.0 Å². The second-order valence-corrected chi connectivity index (χ2v) is 6.25. The van der Waals surface area contributed by atoms with Gasteiger partial charge in [-0.2, -0.15) is 0 Å². The first-order valence-electron chi connectivity index (χ1n) is 5.40. The normalized spacial score (nSPS) is 29.9. The summed E-state index contributed by atoms with van der Waals surface area (Å²) in [7, 11) is -3.03. The minimum atomic E-state index is -3.03. The van der Waals surface area contributed by atoms with Crippen LogP contribution in [0.2, 0.25) is 0 Å². The minimum Gasteiger partial charge on any atom is -0.315 e. The molecule has 1 heterocycles. The number of hydrogen-bond donors (Lipinski definition) is 2. The fourth-order valence-corrected chi connectivity index (χ4v) is 4.09. The van der Waals surface area contributed by atoms with Gasteiger partial charge < -0.3 is 5.32 Å². The van der Waals surface area contributed by atoms with E-state index in [1.165, 1.54) is 0 Å². The van der Waals surface area contributed by atoms with Gasteiger partial charge in [0.15, 0.2) is 0 Å². The van der Waals surface area contributed by atoms with E-state index in [0.717, 1.165) is 45.2 Å². The molecule has 1 atom stereocenters. The SMILES string of the molecule is O=S(=O)(N[C@H]1CCNC1)C1CCCC1. The van der Waals surface area contributed by atoms with Crippen molar-refractivity contribution in [1.82, 2.24) is 10.0 Å². The third-order valence-electron chi connectivity index (χ3n) is 3.13. The Morgan fingerprint density at radius 1 is 1.14 bits per heavy atom. The summed E-state index contributed by atoms with van der Waals surface area (Å²) in [6.07, 6.45) is 4.74. The van der Waals surface area contributed by atoms with Crippen molar-refractivity contribution in [2.45, 2.75) is 43.4 Å². The molecular weight excluding hydrogens is 200 g/mol. The zero-order chi connectivity index (χ0) is 10.0. The van der Waals surface area contributed by atoms with Crippen LogP contribution in [0.15, 0.2) is 0 Å². The molecule has 2 N–H and O–H groups in total. The second-order valence-electron chi connectivity index (χ2n) is 4.26. The molecule has 0 aromatic heterocycles. The molecule has 5 heteroatoms. The Bertz CT molecular complexity index is 277. The quantitative estimate of drug-likeness (QED) is 0.712. The first-order chi connectivity index (χ1) is 6.68. The number of sulfonamides is 1. The van der Waals surface area contributed by atoms with Gasteiger partial charge in [-0.3, -0.25) is 0 Å². The molecule has 2 fully saturated rings. The molecule has 1 aliphatic heterocycles. The summed E-state index contributed by atoms with van der Waals surface area (Å²) < 4.78 is 26.5. The average Bonchev–Trinajstić information content (AvgIpc) is 2.71. The molecule has 14 heavy (non-hydrogen) atoms. The minimum absolute atomic E-state index is 0.122. The van der Waals surface area contributed by atoms with Crippen molar-refractivity contribution >= 4 is 10.0 Å². The van der Waals surface area contributed by atoms with Gasteiger partial charge in [-0.25, -0.2) is 13.1 Å². The highest BCUT2D eigenvalue weighted by molar-refractivity contribution is 7.90. The van der Waals surface area contributed by atoms with Crippen LogP contribution in [0.5, 0.6) is 0 Å². The van der Waals surface area contributed by atoms with Crippen LogP contribution in [0.1, 0.15) is 32.1 Å². The number of rotatable bonds is 3. The summed E-state index contributed by atoms with van der Waals surface area (Å²) in [6.45, 7) is 1.71. The summed E-state index contributed by atoms with van der Waals surface area (Å²) >= 11 is 0. The van der Waals surface area contributed by atoms with Crippen LogP contribution in [0.25, 0.3) is 0 Å². The summed E-state index contributed by atoms with van der Waals surface area (Å²) in [5.74, 6) is 0. The van der Waals surface area contributed by atoms with Crippen LogP contribution in [0.3, 0.4) is 0 Å². The molecule has 2 rings (SSSR count). The molecule has 1 saturated carbocycles. The lowest BCUT2D eigenvalue weighted by Gasteiger charge is -2.16. The van der Waals surface area contributed by atoms with E-state index in [0.29, 0.717) is 0 Å². The molecule has 0 aromatic carbocycles. The van der Waals surface area contributed by atoms with Gasteiger partial charge in [-0.15, -0.1) is 0 Å². The number of nitrogens with one attached hydrogen (secondary N) is 2. The fraction of sp³-hybridized carbons (Fsp3) is 1.00. The topological polar surface area (TPSA) is 58.2 Å².